The number of rotatable bonds is 8. The third-order valence-electron chi connectivity index (χ3n) is 4.46. The molecule has 0 bridgehead atoms. The van der Waals surface area contributed by atoms with Gasteiger partial charge in [-0.2, -0.15) is 0 Å². The summed E-state index contributed by atoms with van der Waals surface area (Å²) < 4.78 is 5.18. The van der Waals surface area contributed by atoms with Crippen molar-refractivity contribution in [2.75, 3.05) is 38.2 Å². The number of carbonyl (C=O) groups excluding carboxylic acids is 1. The molecule has 0 aliphatic heterocycles. The number of hydrogen-bond acceptors (Lipinski definition) is 3. The molecule has 0 fully saturated rings. The van der Waals surface area contributed by atoms with Crippen molar-refractivity contribution in [3.8, 4) is 5.75 Å². The summed E-state index contributed by atoms with van der Waals surface area (Å²) in [7, 11) is 1.62. The maximum absolute atomic E-state index is 13.1. The molecule has 1 amide bonds. The number of nitrogens with zero attached hydrogens (tertiary/aromatic N) is 2. The lowest BCUT2D eigenvalue weighted by Crippen LogP contribution is -2.38. The Morgan fingerprint density at radius 3 is 2.04 bits per heavy atom. The van der Waals surface area contributed by atoms with E-state index < -0.39 is 0 Å². The molecule has 0 heterocycles. The number of ether oxygens (including phenoxy) is 1. The fourth-order valence-electron chi connectivity index (χ4n) is 2.74. The highest BCUT2D eigenvalue weighted by molar-refractivity contribution is 6.06. The van der Waals surface area contributed by atoms with Crippen LogP contribution in [0.4, 0.5) is 5.69 Å². The number of amides is 1. The molecule has 2 aromatic rings. The summed E-state index contributed by atoms with van der Waals surface area (Å²) in [5, 5.41) is 0. The summed E-state index contributed by atoms with van der Waals surface area (Å²) in [6.45, 7) is 9.81. The molecule has 0 radical (unpaired) electrons. The zero-order valence-electron chi connectivity index (χ0n) is 15.7. The van der Waals surface area contributed by atoms with E-state index in [9.17, 15) is 4.79 Å². The third kappa shape index (κ3) is 5.07. The van der Waals surface area contributed by atoms with Crippen LogP contribution in [-0.4, -0.2) is 44.1 Å². The molecule has 0 saturated carbocycles. The van der Waals surface area contributed by atoms with Crippen LogP contribution in [0, 0.1) is 6.92 Å². The van der Waals surface area contributed by atoms with Gasteiger partial charge in [0, 0.05) is 24.3 Å². The molecule has 2 aromatic carbocycles. The highest BCUT2D eigenvalue weighted by Gasteiger charge is 2.18. The van der Waals surface area contributed by atoms with E-state index in [1.54, 1.807) is 7.11 Å². The van der Waals surface area contributed by atoms with E-state index in [4.69, 9.17) is 4.74 Å². The van der Waals surface area contributed by atoms with Gasteiger partial charge in [-0.05, 0) is 56.4 Å². The first-order valence-corrected chi connectivity index (χ1v) is 8.84. The van der Waals surface area contributed by atoms with Gasteiger partial charge in [0.05, 0.1) is 7.11 Å². The zero-order chi connectivity index (χ0) is 18.2. The Bertz CT molecular complexity index is 661. The number of hydrogen-bond donors (Lipinski definition) is 0. The van der Waals surface area contributed by atoms with Crippen LogP contribution < -0.4 is 9.64 Å². The predicted octanol–water partition coefficient (Wildman–Crippen LogP) is 3.99. The molecule has 2 rings (SSSR count). The Hall–Kier alpha value is -2.33. The lowest BCUT2D eigenvalue weighted by atomic mass is 10.1. The summed E-state index contributed by atoms with van der Waals surface area (Å²) in [6.07, 6.45) is 0. The molecule has 4 nitrogen and oxygen atoms in total. The summed E-state index contributed by atoms with van der Waals surface area (Å²) in [4.78, 5) is 17.3. The molecule has 0 aliphatic rings. The predicted molar refractivity (Wildman–Crippen MR) is 104 cm³/mol. The van der Waals surface area contributed by atoms with Gasteiger partial charge in [0.15, 0.2) is 0 Å². The molecule has 0 saturated heterocycles. The molecule has 0 spiro atoms. The first kappa shape index (κ1) is 19.0. The number of benzene rings is 2. The van der Waals surface area contributed by atoms with Gasteiger partial charge in [-0.1, -0.05) is 31.5 Å². The molecule has 4 heteroatoms. The lowest BCUT2D eigenvalue weighted by molar-refractivity contribution is 0.0983. The Kier molecular flexibility index (Phi) is 7.02. The van der Waals surface area contributed by atoms with Crippen molar-refractivity contribution in [1.29, 1.82) is 0 Å². The highest BCUT2D eigenvalue weighted by Crippen LogP contribution is 2.20. The Labute approximate surface area is 151 Å². The van der Waals surface area contributed by atoms with Crippen molar-refractivity contribution in [2.24, 2.45) is 0 Å². The van der Waals surface area contributed by atoms with E-state index in [2.05, 4.69) is 25.7 Å². The Morgan fingerprint density at radius 1 is 0.920 bits per heavy atom. The molecule has 0 N–H and O–H groups in total. The van der Waals surface area contributed by atoms with Gasteiger partial charge >= 0.3 is 0 Å². The van der Waals surface area contributed by atoms with Crippen LogP contribution in [0.25, 0.3) is 0 Å². The van der Waals surface area contributed by atoms with Crippen molar-refractivity contribution in [3.05, 3.63) is 59.7 Å². The molecule has 25 heavy (non-hydrogen) atoms. The molecular formula is C21H28N2O2. The average Bonchev–Trinajstić information content (AvgIpc) is 2.66. The molecule has 0 atom stereocenters. The SMILES string of the molecule is CCN(CC)CCN(C(=O)c1ccc(OC)cc1)c1ccc(C)cc1. The summed E-state index contributed by atoms with van der Waals surface area (Å²) >= 11 is 0. The van der Waals surface area contributed by atoms with Crippen molar-refractivity contribution in [2.45, 2.75) is 20.8 Å². The minimum absolute atomic E-state index is 0.0127. The fraction of sp³-hybridized carbons (Fsp3) is 0.381. The number of likely N-dealkylation sites (N-methyl/N-ethyl adjacent to an activating group) is 1. The van der Waals surface area contributed by atoms with Crippen LogP contribution in [0.3, 0.4) is 0 Å². The van der Waals surface area contributed by atoms with E-state index in [1.165, 1.54) is 5.56 Å². The number of carbonyl (C=O) groups is 1. The number of aryl methyl sites for hydroxylation is 1. The number of methoxy groups -OCH3 is 1. The fourth-order valence-corrected chi connectivity index (χ4v) is 2.74. The van der Waals surface area contributed by atoms with Gasteiger partial charge < -0.3 is 14.5 Å². The van der Waals surface area contributed by atoms with Crippen molar-refractivity contribution >= 4 is 11.6 Å². The van der Waals surface area contributed by atoms with Crippen molar-refractivity contribution < 1.29 is 9.53 Å². The van der Waals surface area contributed by atoms with Gasteiger partial charge in [0.2, 0.25) is 0 Å². The largest absolute Gasteiger partial charge is 0.497 e. The van der Waals surface area contributed by atoms with Crippen molar-refractivity contribution in [3.63, 3.8) is 0 Å². The minimum Gasteiger partial charge on any atom is -0.497 e. The normalized spacial score (nSPS) is 10.8. The first-order chi connectivity index (χ1) is 12.1. The summed E-state index contributed by atoms with van der Waals surface area (Å²) in [5.41, 5.74) is 2.78. The summed E-state index contributed by atoms with van der Waals surface area (Å²) in [5.74, 6) is 0.764. The Balaban J connectivity index is 2.25. The third-order valence-corrected chi connectivity index (χ3v) is 4.46. The van der Waals surface area contributed by atoms with Crippen LogP contribution in [0.1, 0.15) is 29.8 Å². The molecular weight excluding hydrogens is 312 g/mol. The monoisotopic (exact) mass is 340 g/mol. The van der Waals surface area contributed by atoms with Crippen LogP contribution >= 0.6 is 0 Å². The smallest absolute Gasteiger partial charge is 0.258 e. The second kappa shape index (κ2) is 9.23. The quantitative estimate of drug-likeness (QED) is 0.728. The standard InChI is InChI=1S/C21H28N2O2/c1-5-22(6-2)15-16-23(19-11-7-17(3)8-12-19)21(24)18-9-13-20(25-4)14-10-18/h7-14H,5-6,15-16H2,1-4H3. The van der Waals surface area contributed by atoms with Crippen LogP contribution in [-0.2, 0) is 0 Å². The summed E-state index contributed by atoms with van der Waals surface area (Å²) in [6, 6.07) is 15.4. The Morgan fingerprint density at radius 2 is 1.52 bits per heavy atom. The number of anilines is 1. The maximum atomic E-state index is 13.1. The van der Waals surface area contributed by atoms with Crippen molar-refractivity contribution in [1.82, 2.24) is 4.90 Å². The maximum Gasteiger partial charge on any atom is 0.258 e. The second-order valence-electron chi connectivity index (χ2n) is 6.05. The topological polar surface area (TPSA) is 32.8 Å². The van der Waals surface area contributed by atoms with E-state index in [-0.39, 0.29) is 5.91 Å². The van der Waals surface area contributed by atoms with E-state index in [1.807, 2.05) is 53.4 Å². The van der Waals surface area contributed by atoms with Crippen LogP contribution in [0.5, 0.6) is 5.75 Å². The van der Waals surface area contributed by atoms with Gasteiger partial charge in [-0.15, -0.1) is 0 Å². The first-order valence-electron chi connectivity index (χ1n) is 8.84. The minimum atomic E-state index is 0.0127. The molecule has 0 aromatic heterocycles. The zero-order valence-corrected chi connectivity index (χ0v) is 15.7. The van der Waals surface area contributed by atoms with Gasteiger partial charge in [0.1, 0.15) is 5.75 Å². The molecule has 0 unspecified atom stereocenters. The molecule has 0 aliphatic carbocycles. The van der Waals surface area contributed by atoms with Gasteiger partial charge in [-0.25, -0.2) is 0 Å². The van der Waals surface area contributed by atoms with E-state index in [0.29, 0.717) is 12.1 Å². The van der Waals surface area contributed by atoms with Crippen LogP contribution in [0.2, 0.25) is 0 Å². The molecule has 134 valence electrons. The van der Waals surface area contributed by atoms with Gasteiger partial charge in [-0.3, -0.25) is 4.79 Å². The van der Waals surface area contributed by atoms with Crippen LogP contribution in [0.15, 0.2) is 48.5 Å². The van der Waals surface area contributed by atoms with Gasteiger partial charge in [0.25, 0.3) is 5.91 Å². The highest BCUT2D eigenvalue weighted by atomic mass is 16.5. The van der Waals surface area contributed by atoms with E-state index in [0.717, 1.165) is 31.1 Å². The van der Waals surface area contributed by atoms with E-state index >= 15 is 0 Å². The second-order valence-corrected chi connectivity index (χ2v) is 6.05. The lowest BCUT2D eigenvalue weighted by Gasteiger charge is -2.27. The average molecular weight is 340 g/mol.